The van der Waals surface area contributed by atoms with E-state index in [1.165, 1.54) is 5.56 Å². The first-order chi connectivity index (χ1) is 13.4. The lowest BCUT2D eigenvalue weighted by atomic mass is 10.1. The second-order valence-electron chi connectivity index (χ2n) is 7.03. The van der Waals surface area contributed by atoms with Gasteiger partial charge in [-0.2, -0.15) is 0 Å². The van der Waals surface area contributed by atoms with Crippen molar-refractivity contribution in [3.8, 4) is 0 Å². The highest BCUT2D eigenvalue weighted by Gasteiger charge is 2.29. The van der Waals surface area contributed by atoms with E-state index >= 15 is 0 Å². The van der Waals surface area contributed by atoms with Gasteiger partial charge in [0.2, 0.25) is 5.91 Å². The van der Waals surface area contributed by atoms with Crippen LogP contribution in [0.15, 0.2) is 35.3 Å². The average molecular weight is 536 g/mol. The van der Waals surface area contributed by atoms with E-state index in [2.05, 4.69) is 27.8 Å². The number of carbonyl (C=O) groups is 1. The molecule has 0 aliphatic carbocycles. The molecule has 0 spiro atoms. The number of benzene rings is 1. The number of amides is 1. The fourth-order valence-electron chi connectivity index (χ4n) is 3.13. The van der Waals surface area contributed by atoms with Crippen LogP contribution in [0, 0.1) is 5.92 Å². The van der Waals surface area contributed by atoms with Crippen molar-refractivity contribution in [2.45, 2.75) is 26.7 Å². The highest BCUT2D eigenvalue weighted by molar-refractivity contribution is 14.0. The van der Waals surface area contributed by atoms with Crippen molar-refractivity contribution in [1.29, 1.82) is 0 Å². The molecule has 0 saturated carbocycles. The van der Waals surface area contributed by atoms with Gasteiger partial charge in [0.25, 0.3) is 0 Å². The van der Waals surface area contributed by atoms with Crippen LogP contribution in [0.2, 0.25) is 0 Å². The van der Waals surface area contributed by atoms with Crippen molar-refractivity contribution in [3.63, 3.8) is 0 Å². The highest BCUT2D eigenvalue weighted by atomic mass is 127. The van der Waals surface area contributed by atoms with Gasteiger partial charge < -0.3 is 15.5 Å². The minimum atomic E-state index is -3.00. The summed E-state index contributed by atoms with van der Waals surface area (Å²) in [5.41, 5.74) is 1.23. The number of rotatable bonds is 10. The quantitative estimate of drug-likeness (QED) is 0.270. The molecule has 1 aromatic rings. The zero-order valence-corrected chi connectivity index (χ0v) is 20.4. The van der Waals surface area contributed by atoms with Crippen molar-refractivity contribution in [2.24, 2.45) is 10.9 Å². The SMILES string of the molecule is CCNC(=NCC1CC(=O)N(CCc2ccccc2)C1)NCCS(=O)(=O)CC.I. The third kappa shape index (κ3) is 9.33. The summed E-state index contributed by atoms with van der Waals surface area (Å²) in [6.07, 6.45) is 1.38. The maximum absolute atomic E-state index is 12.3. The topological polar surface area (TPSA) is 90.9 Å². The third-order valence-electron chi connectivity index (χ3n) is 4.80. The summed E-state index contributed by atoms with van der Waals surface area (Å²) in [5, 5.41) is 6.19. The molecular weight excluding hydrogens is 503 g/mol. The number of carbonyl (C=O) groups excluding carboxylic acids is 1. The maximum atomic E-state index is 12.3. The lowest BCUT2D eigenvalue weighted by Crippen LogP contribution is -2.40. The average Bonchev–Trinajstić information content (AvgIpc) is 3.05. The van der Waals surface area contributed by atoms with E-state index < -0.39 is 9.84 Å². The zero-order chi connectivity index (χ0) is 20.4. The Labute approximate surface area is 191 Å². The second-order valence-corrected chi connectivity index (χ2v) is 9.50. The molecule has 0 aromatic heterocycles. The van der Waals surface area contributed by atoms with Gasteiger partial charge in [-0.15, -0.1) is 24.0 Å². The monoisotopic (exact) mass is 536 g/mol. The lowest BCUT2D eigenvalue weighted by molar-refractivity contribution is -0.127. The molecule has 9 heteroatoms. The number of guanidine groups is 1. The van der Waals surface area contributed by atoms with Crippen LogP contribution in [-0.2, 0) is 21.1 Å². The fraction of sp³-hybridized carbons (Fsp3) is 0.600. The lowest BCUT2D eigenvalue weighted by Gasteiger charge is -2.16. The molecule has 1 aromatic carbocycles. The Morgan fingerprint density at radius 1 is 1.21 bits per heavy atom. The number of hydrogen-bond donors (Lipinski definition) is 2. The number of halogens is 1. The van der Waals surface area contributed by atoms with Gasteiger partial charge in [-0.05, 0) is 18.9 Å². The first kappa shape index (κ1) is 25.7. The molecule has 1 fully saturated rings. The molecule has 1 amide bonds. The number of sulfone groups is 1. The zero-order valence-electron chi connectivity index (χ0n) is 17.3. The fourth-order valence-corrected chi connectivity index (χ4v) is 3.83. The summed E-state index contributed by atoms with van der Waals surface area (Å²) in [7, 11) is -3.00. The summed E-state index contributed by atoms with van der Waals surface area (Å²) in [5.74, 6) is 1.21. The molecular formula is C20H33IN4O3S. The smallest absolute Gasteiger partial charge is 0.223 e. The van der Waals surface area contributed by atoms with Crippen molar-refractivity contribution in [2.75, 3.05) is 44.2 Å². The normalized spacial score (nSPS) is 17.2. The van der Waals surface area contributed by atoms with E-state index in [1.807, 2.05) is 30.0 Å². The van der Waals surface area contributed by atoms with Crippen LogP contribution in [0.3, 0.4) is 0 Å². The molecule has 1 saturated heterocycles. The Morgan fingerprint density at radius 2 is 1.93 bits per heavy atom. The molecule has 0 radical (unpaired) electrons. The van der Waals surface area contributed by atoms with E-state index in [4.69, 9.17) is 0 Å². The van der Waals surface area contributed by atoms with Gasteiger partial charge in [0.05, 0.1) is 5.75 Å². The van der Waals surface area contributed by atoms with Crippen LogP contribution >= 0.6 is 24.0 Å². The summed E-state index contributed by atoms with van der Waals surface area (Å²) >= 11 is 0. The number of nitrogens with one attached hydrogen (secondary N) is 2. The molecule has 1 aliphatic heterocycles. The van der Waals surface area contributed by atoms with Crippen LogP contribution < -0.4 is 10.6 Å². The highest BCUT2D eigenvalue weighted by Crippen LogP contribution is 2.18. The van der Waals surface area contributed by atoms with Crippen LogP contribution in [0.5, 0.6) is 0 Å². The van der Waals surface area contributed by atoms with Crippen molar-refractivity contribution in [3.05, 3.63) is 35.9 Å². The second kappa shape index (κ2) is 13.0. The molecule has 1 atom stereocenters. The van der Waals surface area contributed by atoms with Crippen LogP contribution in [0.4, 0.5) is 0 Å². The number of likely N-dealkylation sites (tertiary alicyclic amines) is 1. The van der Waals surface area contributed by atoms with Gasteiger partial charge in [-0.1, -0.05) is 37.3 Å². The Kier molecular flexibility index (Phi) is 11.6. The Morgan fingerprint density at radius 3 is 2.59 bits per heavy atom. The minimum Gasteiger partial charge on any atom is -0.357 e. The van der Waals surface area contributed by atoms with Crippen molar-refractivity contribution >= 4 is 45.7 Å². The van der Waals surface area contributed by atoms with Gasteiger partial charge in [-0.25, -0.2) is 8.42 Å². The Bertz CT molecular complexity index is 756. The van der Waals surface area contributed by atoms with Crippen LogP contribution in [-0.4, -0.2) is 69.4 Å². The molecule has 1 aliphatic rings. The molecule has 29 heavy (non-hydrogen) atoms. The molecule has 1 unspecified atom stereocenters. The van der Waals surface area contributed by atoms with Crippen LogP contribution in [0.1, 0.15) is 25.8 Å². The van der Waals surface area contributed by atoms with Gasteiger partial charge in [0.15, 0.2) is 15.8 Å². The molecule has 164 valence electrons. The largest absolute Gasteiger partial charge is 0.357 e. The minimum absolute atomic E-state index is 0. The summed E-state index contributed by atoms with van der Waals surface area (Å²) in [6, 6.07) is 10.2. The van der Waals surface area contributed by atoms with E-state index in [-0.39, 0.29) is 47.3 Å². The van der Waals surface area contributed by atoms with Gasteiger partial charge >= 0.3 is 0 Å². The third-order valence-corrected chi connectivity index (χ3v) is 6.51. The van der Waals surface area contributed by atoms with E-state index in [0.29, 0.717) is 32.0 Å². The van der Waals surface area contributed by atoms with E-state index in [9.17, 15) is 13.2 Å². The Balaban J connectivity index is 0.00000420. The summed E-state index contributed by atoms with van der Waals surface area (Å²) < 4.78 is 23.2. The first-order valence-corrected chi connectivity index (χ1v) is 11.8. The van der Waals surface area contributed by atoms with Gasteiger partial charge in [0, 0.05) is 50.8 Å². The van der Waals surface area contributed by atoms with Gasteiger partial charge in [-0.3, -0.25) is 9.79 Å². The molecule has 0 bridgehead atoms. The standard InChI is InChI=1S/C20H32N4O3S.HI/c1-3-21-20(22-11-13-28(26,27)4-2)23-15-18-14-19(25)24(16-18)12-10-17-8-6-5-7-9-17;/h5-9,18H,3-4,10-16H2,1-2H3,(H2,21,22,23);1H. The van der Waals surface area contributed by atoms with Crippen molar-refractivity contribution in [1.82, 2.24) is 15.5 Å². The van der Waals surface area contributed by atoms with Gasteiger partial charge in [0.1, 0.15) is 0 Å². The molecule has 1 heterocycles. The summed E-state index contributed by atoms with van der Waals surface area (Å²) in [4.78, 5) is 18.7. The molecule has 7 nitrogen and oxygen atoms in total. The molecule has 2 N–H and O–H groups in total. The predicted molar refractivity (Wildman–Crippen MR) is 129 cm³/mol. The molecule has 2 rings (SSSR count). The first-order valence-electron chi connectivity index (χ1n) is 9.97. The maximum Gasteiger partial charge on any atom is 0.223 e. The van der Waals surface area contributed by atoms with Crippen LogP contribution in [0.25, 0.3) is 0 Å². The van der Waals surface area contributed by atoms with Crippen molar-refractivity contribution < 1.29 is 13.2 Å². The van der Waals surface area contributed by atoms with E-state index in [1.54, 1.807) is 6.92 Å². The number of aliphatic imine (C=N–C) groups is 1. The number of nitrogens with zero attached hydrogens (tertiary/aromatic N) is 2. The van der Waals surface area contributed by atoms with E-state index in [0.717, 1.165) is 19.5 Å². The summed E-state index contributed by atoms with van der Waals surface area (Å²) in [6.45, 7) is 6.63. The number of hydrogen-bond acceptors (Lipinski definition) is 4. The predicted octanol–water partition coefficient (Wildman–Crippen LogP) is 1.69. The Hall–Kier alpha value is -1.36.